The van der Waals surface area contributed by atoms with Crippen LogP contribution in [0.15, 0.2) is 18.2 Å². The van der Waals surface area contributed by atoms with Crippen LogP contribution in [0.5, 0.6) is 0 Å². The molecule has 1 aliphatic rings. The number of carbonyl (C=O) groups excluding carboxylic acids is 2. The minimum absolute atomic E-state index is 0.000689. The minimum Gasteiger partial charge on any atom is -0.345 e. The quantitative estimate of drug-likeness (QED) is 0.928. The van der Waals surface area contributed by atoms with Gasteiger partial charge in [0.15, 0.2) is 0 Å². The Morgan fingerprint density at radius 3 is 2.81 bits per heavy atom. The molecule has 1 N–H and O–H groups in total. The van der Waals surface area contributed by atoms with Crippen LogP contribution in [0.4, 0.5) is 4.39 Å². The number of nitrogens with zero attached hydrogens (tertiary/aromatic N) is 1. The fourth-order valence-electron chi connectivity index (χ4n) is 2.48. The maximum absolute atomic E-state index is 13.2. The highest BCUT2D eigenvalue weighted by atomic mass is 35.5. The number of rotatable bonds is 4. The Morgan fingerprint density at radius 1 is 1.48 bits per heavy atom. The zero-order chi connectivity index (χ0) is 15.6. The van der Waals surface area contributed by atoms with Gasteiger partial charge in [-0.3, -0.25) is 9.59 Å². The number of amides is 2. The second kappa shape index (κ2) is 6.43. The van der Waals surface area contributed by atoms with Crippen molar-refractivity contribution in [3.8, 4) is 0 Å². The van der Waals surface area contributed by atoms with Gasteiger partial charge >= 0.3 is 0 Å². The first kappa shape index (κ1) is 15.8. The molecule has 2 unspecified atom stereocenters. The van der Waals surface area contributed by atoms with E-state index in [4.69, 9.17) is 11.6 Å². The number of halogens is 2. The molecule has 1 aliphatic heterocycles. The van der Waals surface area contributed by atoms with Crippen LogP contribution in [0.1, 0.15) is 25.8 Å². The lowest BCUT2D eigenvalue weighted by Crippen LogP contribution is -2.60. The Kier molecular flexibility index (Phi) is 4.83. The van der Waals surface area contributed by atoms with E-state index in [1.807, 2.05) is 13.8 Å². The molecule has 0 aliphatic carbocycles. The molecular formula is C15H18ClFN2O2. The predicted molar refractivity (Wildman–Crippen MR) is 78.2 cm³/mol. The summed E-state index contributed by atoms with van der Waals surface area (Å²) in [5, 5.41) is 2.63. The Labute approximate surface area is 128 Å². The number of benzene rings is 1. The molecule has 0 bridgehead atoms. The SMILES string of the molecule is CCC(C)C1C(=O)NCC(=O)N1Cc1ccc(F)c(Cl)c1. The van der Waals surface area contributed by atoms with E-state index in [0.717, 1.165) is 6.42 Å². The van der Waals surface area contributed by atoms with E-state index in [-0.39, 0.29) is 35.8 Å². The van der Waals surface area contributed by atoms with Gasteiger partial charge in [-0.15, -0.1) is 0 Å². The summed E-state index contributed by atoms with van der Waals surface area (Å²) in [6, 6.07) is 3.84. The zero-order valence-corrected chi connectivity index (χ0v) is 12.8. The molecule has 21 heavy (non-hydrogen) atoms. The highest BCUT2D eigenvalue weighted by Gasteiger charge is 2.37. The summed E-state index contributed by atoms with van der Waals surface area (Å²) in [5.74, 6) is -0.732. The third-order valence-corrected chi connectivity index (χ3v) is 4.15. The topological polar surface area (TPSA) is 49.4 Å². The lowest BCUT2D eigenvalue weighted by atomic mass is 9.94. The van der Waals surface area contributed by atoms with Gasteiger partial charge in [-0.1, -0.05) is 37.9 Å². The van der Waals surface area contributed by atoms with E-state index in [2.05, 4.69) is 5.32 Å². The highest BCUT2D eigenvalue weighted by molar-refractivity contribution is 6.30. The summed E-state index contributed by atoms with van der Waals surface area (Å²) >= 11 is 5.77. The standard InChI is InChI=1S/C15H18ClFN2O2/c1-3-9(2)14-15(21)18-7-13(20)19(14)8-10-4-5-12(17)11(16)6-10/h4-6,9,14H,3,7-8H2,1-2H3,(H,18,21). The molecule has 114 valence electrons. The van der Waals surface area contributed by atoms with E-state index in [9.17, 15) is 14.0 Å². The van der Waals surface area contributed by atoms with Gasteiger partial charge in [0.05, 0.1) is 11.6 Å². The van der Waals surface area contributed by atoms with Gasteiger partial charge in [0.2, 0.25) is 11.8 Å². The van der Waals surface area contributed by atoms with Crippen molar-refractivity contribution in [3.05, 3.63) is 34.6 Å². The zero-order valence-electron chi connectivity index (χ0n) is 12.0. The number of hydrogen-bond acceptors (Lipinski definition) is 2. The molecule has 2 atom stereocenters. The predicted octanol–water partition coefficient (Wildman–Crippen LogP) is 2.35. The summed E-state index contributed by atoms with van der Waals surface area (Å²) in [5.41, 5.74) is 0.706. The van der Waals surface area contributed by atoms with Crippen LogP contribution in [0.3, 0.4) is 0 Å². The van der Waals surface area contributed by atoms with Crippen molar-refractivity contribution in [1.29, 1.82) is 0 Å². The molecule has 1 fully saturated rings. The molecule has 1 heterocycles. The van der Waals surface area contributed by atoms with Gasteiger partial charge in [0, 0.05) is 6.54 Å². The van der Waals surface area contributed by atoms with Crippen molar-refractivity contribution in [2.75, 3.05) is 6.54 Å². The van der Waals surface area contributed by atoms with E-state index >= 15 is 0 Å². The molecule has 2 amide bonds. The monoisotopic (exact) mass is 312 g/mol. The molecule has 4 nitrogen and oxygen atoms in total. The van der Waals surface area contributed by atoms with Gasteiger partial charge in [-0.25, -0.2) is 4.39 Å². The molecule has 1 saturated heterocycles. The normalized spacial score (nSPS) is 20.4. The lowest BCUT2D eigenvalue weighted by Gasteiger charge is -2.38. The van der Waals surface area contributed by atoms with Crippen LogP contribution in [0.25, 0.3) is 0 Å². The van der Waals surface area contributed by atoms with Crippen molar-refractivity contribution in [3.63, 3.8) is 0 Å². The molecule has 1 aromatic rings. The largest absolute Gasteiger partial charge is 0.345 e. The smallest absolute Gasteiger partial charge is 0.243 e. The molecule has 6 heteroatoms. The Balaban J connectivity index is 2.26. The highest BCUT2D eigenvalue weighted by Crippen LogP contribution is 2.22. The van der Waals surface area contributed by atoms with Crippen LogP contribution < -0.4 is 5.32 Å². The fourth-order valence-corrected chi connectivity index (χ4v) is 2.68. The summed E-state index contributed by atoms with van der Waals surface area (Å²) in [7, 11) is 0. The van der Waals surface area contributed by atoms with Gasteiger partial charge in [0.1, 0.15) is 11.9 Å². The van der Waals surface area contributed by atoms with Crippen molar-refractivity contribution in [2.45, 2.75) is 32.9 Å². The van der Waals surface area contributed by atoms with Crippen molar-refractivity contribution in [1.82, 2.24) is 10.2 Å². The summed E-state index contributed by atoms with van der Waals surface area (Å²) < 4.78 is 13.2. The molecule has 0 aromatic heterocycles. The van der Waals surface area contributed by atoms with Gasteiger partial charge < -0.3 is 10.2 Å². The van der Waals surface area contributed by atoms with Gasteiger partial charge in [-0.2, -0.15) is 0 Å². The minimum atomic E-state index is -0.500. The van der Waals surface area contributed by atoms with Crippen LogP contribution in [-0.4, -0.2) is 29.3 Å². The number of carbonyl (C=O) groups is 2. The number of hydrogen-bond donors (Lipinski definition) is 1. The van der Waals surface area contributed by atoms with E-state index < -0.39 is 11.9 Å². The first-order valence-corrected chi connectivity index (χ1v) is 7.33. The molecule has 0 radical (unpaired) electrons. The molecule has 2 rings (SSSR count). The molecule has 1 aromatic carbocycles. The average molecular weight is 313 g/mol. The Morgan fingerprint density at radius 2 is 2.19 bits per heavy atom. The first-order chi connectivity index (χ1) is 9.93. The van der Waals surface area contributed by atoms with Crippen LogP contribution in [0, 0.1) is 11.7 Å². The van der Waals surface area contributed by atoms with Gasteiger partial charge in [0.25, 0.3) is 0 Å². The van der Waals surface area contributed by atoms with Crippen molar-refractivity contribution >= 4 is 23.4 Å². The third-order valence-electron chi connectivity index (χ3n) is 3.86. The lowest BCUT2D eigenvalue weighted by molar-refractivity contribution is -0.148. The van der Waals surface area contributed by atoms with Crippen molar-refractivity contribution in [2.24, 2.45) is 5.92 Å². The first-order valence-electron chi connectivity index (χ1n) is 6.95. The molecular weight excluding hydrogens is 295 g/mol. The summed E-state index contributed by atoms with van der Waals surface area (Å²) in [4.78, 5) is 25.8. The van der Waals surface area contributed by atoms with E-state index in [0.29, 0.717) is 5.56 Å². The summed E-state index contributed by atoms with van der Waals surface area (Å²) in [6.07, 6.45) is 0.784. The molecule has 0 saturated carbocycles. The second-order valence-electron chi connectivity index (χ2n) is 5.32. The van der Waals surface area contributed by atoms with Crippen LogP contribution in [-0.2, 0) is 16.1 Å². The fraction of sp³-hybridized carbons (Fsp3) is 0.467. The van der Waals surface area contributed by atoms with Crippen molar-refractivity contribution < 1.29 is 14.0 Å². The molecule has 0 spiro atoms. The van der Waals surface area contributed by atoms with Crippen LogP contribution >= 0.6 is 11.6 Å². The maximum Gasteiger partial charge on any atom is 0.243 e. The number of nitrogens with one attached hydrogen (secondary N) is 1. The second-order valence-corrected chi connectivity index (χ2v) is 5.73. The number of piperazine rings is 1. The van der Waals surface area contributed by atoms with E-state index in [1.54, 1.807) is 11.0 Å². The average Bonchev–Trinajstić information content (AvgIpc) is 2.46. The van der Waals surface area contributed by atoms with Crippen LogP contribution in [0.2, 0.25) is 5.02 Å². The van der Waals surface area contributed by atoms with E-state index in [1.165, 1.54) is 12.1 Å². The Hall–Kier alpha value is -1.62. The van der Waals surface area contributed by atoms with Gasteiger partial charge in [-0.05, 0) is 23.6 Å². The Bertz CT molecular complexity index is 565. The maximum atomic E-state index is 13.2. The third kappa shape index (κ3) is 3.35. The summed E-state index contributed by atoms with van der Waals surface area (Å²) in [6.45, 7) is 4.17.